The van der Waals surface area contributed by atoms with E-state index in [4.69, 9.17) is 16.3 Å². The van der Waals surface area contributed by atoms with Gasteiger partial charge in [-0.1, -0.05) is 48.0 Å². The minimum absolute atomic E-state index is 0.207. The van der Waals surface area contributed by atoms with Gasteiger partial charge in [-0.3, -0.25) is 9.59 Å². The topological polar surface area (TPSA) is 55.4 Å². The predicted octanol–water partition coefficient (Wildman–Crippen LogP) is 5.86. The van der Waals surface area contributed by atoms with Crippen LogP contribution in [-0.2, 0) is 17.6 Å². The van der Waals surface area contributed by atoms with E-state index < -0.39 is 6.10 Å². The number of amides is 1. The number of aryl methyl sites for hydroxylation is 2. The van der Waals surface area contributed by atoms with Crippen molar-refractivity contribution in [3.63, 3.8) is 0 Å². The van der Waals surface area contributed by atoms with E-state index >= 15 is 0 Å². The number of ketones is 1. The van der Waals surface area contributed by atoms with Crippen LogP contribution in [0.3, 0.4) is 0 Å². The first-order valence-electron chi connectivity index (χ1n) is 10.5. The Kier molecular flexibility index (Phi) is 6.38. The number of nitrogens with one attached hydrogen (secondary N) is 1. The lowest BCUT2D eigenvalue weighted by atomic mass is 9.92. The molecule has 0 saturated carbocycles. The number of rotatable bonds is 6. The van der Waals surface area contributed by atoms with Crippen LogP contribution in [0.15, 0.2) is 66.7 Å². The van der Waals surface area contributed by atoms with Gasteiger partial charge in [0.2, 0.25) is 0 Å². The number of carbonyl (C=O) groups excluding carboxylic acids is 2. The van der Waals surface area contributed by atoms with E-state index in [2.05, 4.69) is 11.4 Å². The summed E-state index contributed by atoms with van der Waals surface area (Å²) in [5.74, 6) is 0.142. The summed E-state index contributed by atoms with van der Waals surface area (Å²) in [5.41, 5.74) is 3.93. The van der Waals surface area contributed by atoms with E-state index in [1.165, 1.54) is 24.0 Å². The lowest BCUT2D eigenvalue weighted by molar-refractivity contribution is -0.122. The molecule has 3 aromatic rings. The number of halogens is 1. The largest absolute Gasteiger partial charge is 0.481 e. The molecule has 5 heteroatoms. The van der Waals surface area contributed by atoms with Crippen molar-refractivity contribution in [2.24, 2.45) is 0 Å². The van der Waals surface area contributed by atoms with Crippen LogP contribution < -0.4 is 10.1 Å². The Morgan fingerprint density at radius 3 is 2.45 bits per heavy atom. The molecule has 1 N–H and O–H groups in total. The maximum atomic E-state index is 13.0. The lowest BCUT2D eigenvalue weighted by Crippen LogP contribution is -2.30. The number of anilines is 1. The van der Waals surface area contributed by atoms with Crippen LogP contribution >= 0.6 is 11.6 Å². The monoisotopic (exact) mass is 433 g/mol. The molecule has 31 heavy (non-hydrogen) atoms. The summed E-state index contributed by atoms with van der Waals surface area (Å²) in [6, 6.07) is 19.8. The second kappa shape index (κ2) is 9.36. The zero-order valence-corrected chi connectivity index (χ0v) is 18.1. The van der Waals surface area contributed by atoms with Crippen LogP contribution in [-0.4, -0.2) is 17.8 Å². The first-order valence-corrected chi connectivity index (χ1v) is 10.9. The van der Waals surface area contributed by atoms with Gasteiger partial charge >= 0.3 is 0 Å². The van der Waals surface area contributed by atoms with E-state index in [0.29, 0.717) is 27.6 Å². The number of ether oxygens (including phenoxy) is 1. The molecule has 1 aliphatic carbocycles. The van der Waals surface area contributed by atoms with Crippen LogP contribution in [0.5, 0.6) is 5.75 Å². The molecule has 0 spiro atoms. The van der Waals surface area contributed by atoms with Gasteiger partial charge in [-0.2, -0.15) is 0 Å². The fourth-order valence-corrected chi connectivity index (χ4v) is 4.01. The van der Waals surface area contributed by atoms with Crippen molar-refractivity contribution < 1.29 is 14.3 Å². The number of benzene rings is 3. The average molecular weight is 434 g/mol. The first kappa shape index (κ1) is 21.1. The molecule has 0 aromatic heterocycles. The highest BCUT2D eigenvalue weighted by atomic mass is 35.5. The van der Waals surface area contributed by atoms with E-state index in [9.17, 15) is 9.59 Å². The summed E-state index contributed by atoms with van der Waals surface area (Å²) in [7, 11) is 0. The van der Waals surface area contributed by atoms with E-state index in [1.807, 2.05) is 18.2 Å². The van der Waals surface area contributed by atoms with Crippen molar-refractivity contribution in [1.82, 2.24) is 0 Å². The molecule has 0 bridgehead atoms. The van der Waals surface area contributed by atoms with Gasteiger partial charge in [-0.25, -0.2) is 0 Å². The third-order valence-corrected chi connectivity index (χ3v) is 5.76. The van der Waals surface area contributed by atoms with Crippen molar-refractivity contribution in [1.29, 1.82) is 0 Å². The Morgan fingerprint density at radius 2 is 1.68 bits per heavy atom. The molecular formula is C26H24ClNO3. The Labute approximate surface area is 187 Å². The summed E-state index contributed by atoms with van der Waals surface area (Å²) in [6.45, 7) is 1.70. The highest BCUT2D eigenvalue weighted by molar-refractivity contribution is 6.31. The molecule has 0 unspecified atom stereocenters. The minimum Gasteiger partial charge on any atom is -0.481 e. The molecule has 1 amide bonds. The Hall–Kier alpha value is -3.11. The molecule has 4 rings (SSSR count). The predicted molar refractivity (Wildman–Crippen MR) is 123 cm³/mol. The van der Waals surface area contributed by atoms with Crippen LogP contribution in [0, 0.1) is 0 Å². The summed E-state index contributed by atoms with van der Waals surface area (Å²) >= 11 is 6.12. The zero-order valence-electron chi connectivity index (χ0n) is 17.4. The van der Waals surface area contributed by atoms with Crippen molar-refractivity contribution in [3.8, 4) is 5.75 Å². The summed E-state index contributed by atoms with van der Waals surface area (Å²) < 4.78 is 5.90. The number of carbonyl (C=O) groups is 2. The van der Waals surface area contributed by atoms with Gasteiger partial charge in [0.15, 0.2) is 11.9 Å². The molecule has 1 atom stereocenters. The minimum atomic E-state index is -0.725. The molecule has 4 nitrogen and oxygen atoms in total. The average Bonchev–Trinajstić information content (AvgIpc) is 2.80. The fourth-order valence-electron chi connectivity index (χ4n) is 3.83. The molecule has 3 aromatic carbocycles. The second-order valence-corrected chi connectivity index (χ2v) is 8.21. The standard InChI is InChI=1S/C26H24ClNO3/c1-17(31-22-13-11-18-7-5-6-10-20(18)15-22)26(30)28-24-14-12-21(27)16-23(24)25(29)19-8-3-2-4-9-19/h2-4,8-9,11-17H,5-7,10H2,1H3,(H,28,30)/t17-/m0/s1. The third kappa shape index (κ3) is 4.97. The Balaban J connectivity index is 1.50. The molecule has 0 fully saturated rings. The second-order valence-electron chi connectivity index (χ2n) is 7.77. The molecule has 0 heterocycles. The Bertz CT molecular complexity index is 1110. The first-order chi connectivity index (χ1) is 15.0. The van der Waals surface area contributed by atoms with Gasteiger partial charge in [-0.15, -0.1) is 0 Å². The molecule has 1 aliphatic rings. The van der Waals surface area contributed by atoms with E-state index in [-0.39, 0.29) is 11.7 Å². The number of hydrogen-bond donors (Lipinski definition) is 1. The fraction of sp³-hybridized carbons (Fsp3) is 0.231. The van der Waals surface area contributed by atoms with Crippen molar-refractivity contribution in [2.45, 2.75) is 38.7 Å². The molecule has 158 valence electrons. The van der Waals surface area contributed by atoms with E-state index in [1.54, 1.807) is 49.4 Å². The van der Waals surface area contributed by atoms with Crippen molar-refractivity contribution in [3.05, 3.63) is 94.0 Å². The normalized spacial score (nSPS) is 13.7. The molecule has 0 aliphatic heterocycles. The van der Waals surface area contributed by atoms with Crippen LogP contribution in [0.1, 0.15) is 46.8 Å². The summed E-state index contributed by atoms with van der Waals surface area (Å²) in [4.78, 5) is 25.8. The number of hydrogen-bond acceptors (Lipinski definition) is 3. The third-order valence-electron chi connectivity index (χ3n) is 5.52. The molecule has 0 radical (unpaired) electrons. The van der Waals surface area contributed by atoms with Crippen LogP contribution in [0.4, 0.5) is 5.69 Å². The molecular weight excluding hydrogens is 410 g/mol. The van der Waals surface area contributed by atoms with Crippen LogP contribution in [0.25, 0.3) is 0 Å². The summed E-state index contributed by atoms with van der Waals surface area (Å²) in [5, 5.41) is 3.25. The van der Waals surface area contributed by atoms with E-state index in [0.717, 1.165) is 12.8 Å². The van der Waals surface area contributed by atoms with Gasteiger partial charge in [0.25, 0.3) is 5.91 Å². The van der Waals surface area contributed by atoms with Crippen molar-refractivity contribution >= 4 is 29.0 Å². The van der Waals surface area contributed by atoms with Gasteiger partial charge in [0, 0.05) is 16.1 Å². The van der Waals surface area contributed by atoms with Crippen LogP contribution in [0.2, 0.25) is 5.02 Å². The maximum absolute atomic E-state index is 13.0. The highest BCUT2D eigenvalue weighted by Gasteiger charge is 2.20. The van der Waals surface area contributed by atoms with Crippen molar-refractivity contribution in [2.75, 3.05) is 5.32 Å². The highest BCUT2D eigenvalue weighted by Crippen LogP contribution is 2.27. The van der Waals surface area contributed by atoms with Gasteiger partial charge in [-0.05, 0) is 74.1 Å². The maximum Gasteiger partial charge on any atom is 0.265 e. The SMILES string of the molecule is C[C@H](Oc1ccc2c(c1)CCCC2)C(=O)Nc1ccc(Cl)cc1C(=O)c1ccccc1. The molecule has 0 saturated heterocycles. The zero-order chi connectivity index (χ0) is 21.8. The quantitative estimate of drug-likeness (QED) is 0.495. The summed E-state index contributed by atoms with van der Waals surface area (Å²) in [6.07, 6.45) is 3.82. The lowest BCUT2D eigenvalue weighted by Gasteiger charge is -2.19. The van der Waals surface area contributed by atoms with Gasteiger partial charge in [0.1, 0.15) is 5.75 Å². The number of fused-ring (bicyclic) bond motifs is 1. The smallest absolute Gasteiger partial charge is 0.265 e. The van der Waals surface area contributed by atoms with Gasteiger partial charge < -0.3 is 10.1 Å². The van der Waals surface area contributed by atoms with Gasteiger partial charge in [0.05, 0.1) is 5.69 Å². The Morgan fingerprint density at radius 1 is 0.935 bits per heavy atom.